The number of hydrogen-bond donors (Lipinski definition) is 1. The third kappa shape index (κ3) is 4.06. The van der Waals surface area contributed by atoms with E-state index in [0.717, 1.165) is 18.2 Å². The lowest BCUT2D eigenvalue weighted by atomic mass is 10.2. The molecule has 0 heterocycles. The third-order valence-corrected chi connectivity index (χ3v) is 1.73. The molecule has 0 aliphatic heterocycles. The molecule has 0 atom stereocenters. The van der Waals surface area contributed by atoms with Gasteiger partial charge in [0.2, 0.25) is 0 Å². The van der Waals surface area contributed by atoms with E-state index in [2.05, 4.69) is 9.47 Å². The average molecular weight is 263 g/mol. The van der Waals surface area contributed by atoms with Crippen molar-refractivity contribution in [3.63, 3.8) is 0 Å². The Morgan fingerprint density at radius 2 is 1.94 bits per heavy atom. The Hall–Kier alpha value is -2.09. The number of benzene rings is 1. The first-order valence-electron chi connectivity index (χ1n) is 4.62. The van der Waals surface area contributed by atoms with E-state index in [4.69, 9.17) is 5.73 Å². The van der Waals surface area contributed by atoms with E-state index in [0.29, 0.717) is 6.07 Å². The highest BCUT2D eigenvalue weighted by molar-refractivity contribution is 5.83. The van der Waals surface area contributed by atoms with Crippen LogP contribution in [0.25, 0.3) is 0 Å². The first-order valence-corrected chi connectivity index (χ1v) is 4.62. The minimum absolute atomic E-state index is 0.389. The first-order chi connectivity index (χ1) is 8.32. The lowest BCUT2D eigenvalue weighted by Gasteiger charge is -2.08. The SMILES string of the molecule is NCC(=O)OC(=O)Oc1cccc(C(F)(F)F)c1. The van der Waals surface area contributed by atoms with Crippen LogP contribution in [0.5, 0.6) is 5.75 Å². The standard InChI is InChI=1S/C10H8F3NO4/c11-10(12,13)6-2-1-3-7(4-6)17-9(16)18-8(15)5-14/h1-4H,5,14H2. The van der Waals surface area contributed by atoms with Crippen molar-refractivity contribution in [2.45, 2.75) is 6.18 Å². The van der Waals surface area contributed by atoms with E-state index < -0.39 is 30.4 Å². The molecule has 0 radical (unpaired) electrons. The minimum Gasteiger partial charge on any atom is -0.395 e. The Morgan fingerprint density at radius 1 is 1.28 bits per heavy atom. The molecule has 18 heavy (non-hydrogen) atoms. The van der Waals surface area contributed by atoms with Crippen molar-refractivity contribution < 1.29 is 32.2 Å². The van der Waals surface area contributed by atoms with Gasteiger partial charge in [-0.15, -0.1) is 0 Å². The summed E-state index contributed by atoms with van der Waals surface area (Å²) < 4.78 is 45.4. The maximum Gasteiger partial charge on any atom is 0.521 e. The van der Waals surface area contributed by atoms with Crippen LogP contribution in [0.1, 0.15) is 5.56 Å². The molecule has 1 rings (SSSR count). The molecule has 0 aromatic heterocycles. The Bertz CT molecular complexity index is 459. The molecule has 1 aromatic rings. The van der Waals surface area contributed by atoms with Crippen molar-refractivity contribution in [1.29, 1.82) is 0 Å². The maximum absolute atomic E-state index is 12.3. The molecule has 98 valence electrons. The van der Waals surface area contributed by atoms with Crippen LogP contribution >= 0.6 is 0 Å². The Morgan fingerprint density at radius 3 is 2.50 bits per heavy atom. The van der Waals surface area contributed by atoms with Gasteiger partial charge in [0.15, 0.2) is 0 Å². The highest BCUT2D eigenvalue weighted by atomic mass is 19.4. The normalized spacial score (nSPS) is 10.9. The van der Waals surface area contributed by atoms with E-state index in [-0.39, 0.29) is 5.75 Å². The summed E-state index contributed by atoms with van der Waals surface area (Å²) in [6, 6.07) is 3.58. The summed E-state index contributed by atoms with van der Waals surface area (Å²) in [4.78, 5) is 21.6. The van der Waals surface area contributed by atoms with Gasteiger partial charge in [-0.25, -0.2) is 4.79 Å². The number of halogens is 3. The lowest BCUT2D eigenvalue weighted by molar-refractivity contribution is -0.138. The molecule has 0 fully saturated rings. The molecule has 0 unspecified atom stereocenters. The van der Waals surface area contributed by atoms with Gasteiger partial charge in [-0.2, -0.15) is 13.2 Å². The fraction of sp³-hybridized carbons (Fsp3) is 0.200. The summed E-state index contributed by atoms with van der Waals surface area (Å²) in [5.74, 6) is -1.44. The van der Waals surface area contributed by atoms with Gasteiger partial charge in [-0.3, -0.25) is 4.79 Å². The van der Waals surface area contributed by atoms with Gasteiger partial charge in [0, 0.05) is 0 Å². The predicted octanol–water partition coefficient (Wildman–Crippen LogP) is 1.71. The summed E-state index contributed by atoms with van der Waals surface area (Å²) >= 11 is 0. The van der Waals surface area contributed by atoms with Gasteiger partial charge in [0.05, 0.1) is 12.1 Å². The monoisotopic (exact) mass is 263 g/mol. The molecule has 2 N–H and O–H groups in total. The highest BCUT2D eigenvalue weighted by Gasteiger charge is 2.30. The number of alkyl halides is 3. The highest BCUT2D eigenvalue weighted by Crippen LogP contribution is 2.31. The van der Waals surface area contributed by atoms with Gasteiger partial charge in [0.1, 0.15) is 5.75 Å². The summed E-state index contributed by atoms with van der Waals surface area (Å²) in [6.45, 7) is -0.544. The molecule has 0 amide bonds. The number of rotatable bonds is 2. The largest absolute Gasteiger partial charge is 0.521 e. The smallest absolute Gasteiger partial charge is 0.395 e. The predicted molar refractivity (Wildman–Crippen MR) is 52.6 cm³/mol. The third-order valence-electron chi connectivity index (χ3n) is 1.73. The van der Waals surface area contributed by atoms with E-state index in [1.807, 2.05) is 0 Å². The number of carbonyl (C=O) groups is 2. The summed E-state index contributed by atoms with van der Waals surface area (Å²) in [7, 11) is 0. The zero-order valence-electron chi connectivity index (χ0n) is 8.86. The Labute approximate surface area is 99.3 Å². The molecule has 0 saturated carbocycles. The van der Waals surface area contributed by atoms with Crippen molar-refractivity contribution in [3.8, 4) is 5.75 Å². The number of ether oxygens (including phenoxy) is 2. The second-order valence-corrected chi connectivity index (χ2v) is 3.06. The maximum atomic E-state index is 12.3. The number of hydrogen-bond acceptors (Lipinski definition) is 5. The van der Waals surface area contributed by atoms with Crippen LogP contribution in [-0.2, 0) is 15.7 Å². The summed E-state index contributed by atoms with van der Waals surface area (Å²) in [5.41, 5.74) is 3.88. The van der Waals surface area contributed by atoms with Gasteiger partial charge in [0.25, 0.3) is 0 Å². The van der Waals surface area contributed by atoms with Crippen molar-refractivity contribution >= 4 is 12.1 Å². The van der Waals surface area contributed by atoms with Crippen LogP contribution in [0.15, 0.2) is 24.3 Å². The zero-order valence-corrected chi connectivity index (χ0v) is 8.86. The van der Waals surface area contributed by atoms with Crippen molar-refractivity contribution in [2.24, 2.45) is 5.73 Å². The van der Waals surface area contributed by atoms with Crippen LogP contribution in [0.4, 0.5) is 18.0 Å². The molecule has 0 saturated heterocycles. The average Bonchev–Trinajstić information content (AvgIpc) is 2.27. The fourth-order valence-corrected chi connectivity index (χ4v) is 0.988. The molecule has 0 bridgehead atoms. The Balaban J connectivity index is 2.74. The summed E-state index contributed by atoms with van der Waals surface area (Å²) in [6.07, 6.45) is -6.00. The molecular weight excluding hydrogens is 255 g/mol. The van der Waals surface area contributed by atoms with Gasteiger partial charge < -0.3 is 15.2 Å². The minimum atomic E-state index is -4.56. The van der Waals surface area contributed by atoms with Gasteiger partial charge >= 0.3 is 18.3 Å². The van der Waals surface area contributed by atoms with Crippen LogP contribution < -0.4 is 10.5 Å². The van der Waals surface area contributed by atoms with E-state index in [1.54, 1.807) is 0 Å². The van der Waals surface area contributed by atoms with Gasteiger partial charge in [-0.05, 0) is 18.2 Å². The van der Waals surface area contributed by atoms with Crippen molar-refractivity contribution in [1.82, 2.24) is 0 Å². The van der Waals surface area contributed by atoms with Crippen molar-refractivity contribution in [3.05, 3.63) is 29.8 Å². The van der Waals surface area contributed by atoms with Crippen molar-refractivity contribution in [2.75, 3.05) is 6.54 Å². The molecule has 0 aliphatic carbocycles. The van der Waals surface area contributed by atoms with E-state index in [1.165, 1.54) is 0 Å². The fourth-order valence-electron chi connectivity index (χ4n) is 0.988. The van der Waals surface area contributed by atoms with Crippen LogP contribution in [0, 0.1) is 0 Å². The molecule has 8 heteroatoms. The molecule has 0 spiro atoms. The van der Waals surface area contributed by atoms with Crippen LogP contribution in [0.3, 0.4) is 0 Å². The molecule has 5 nitrogen and oxygen atoms in total. The molecule has 1 aromatic carbocycles. The second kappa shape index (κ2) is 5.50. The quantitative estimate of drug-likeness (QED) is 0.499. The first kappa shape index (κ1) is 14.0. The van der Waals surface area contributed by atoms with Crippen LogP contribution in [0.2, 0.25) is 0 Å². The topological polar surface area (TPSA) is 78.6 Å². The number of nitrogens with two attached hydrogens (primary N) is 1. The molecular formula is C10H8F3NO4. The van der Waals surface area contributed by atoms with Crippen LogP contribution in [-0.4, -0.2) is 18.7 Å². The lowest BCUT2D eigenvalue weighted by Crippen LogP contribution is -2.22. The Kier molecular flexibility index (Phi) is 4.27. The number of carbonyl (C=O) groups excluding carboxylic acids is 2. The van der Waals surface area contributed by atoms with E-state index >= 15 is 0 Å². The summed E-state index contributed by atoms with van der Waals surface area (Å²) in [5, 5.41) is 0. The molecule has 0 aliphatic rings. The second-order valence-electron chi connectivity index (χ2n) is 3.06. The zero-order chi connectivity index (χ0) is 13.8. The number of esters is 1. The van der Waals surface area contributed by atoms with Gasteiger partial charge in [-0.1, -0.05) is 6.07 Å². The van der Waals surface area contributed by atoms with E-state index in [9.17, 15) is 22.8 Å².